The third-order valence-corrected chi connectivity index (χ3v) is 4.25. The van der Waals surface area contributed by atoms with Crippen molar-refractivity contribution in [1.82, 2.24) is 5.32 Å². The van der Waals surface area contributed by atoms with Crippen LogP contribution in [-0.2, 0) is 0 Å². The summed E-state index contributed by atoms with van der Waals surface area (Å²) in [6, 6.07) is 8.30. The second kappa shape index (κ2) is 7.24. The molecule has 2 unspecified atom stereocenters. The normalized spacial score (nSPS) is 15.4. The van der Waals surface area contributed by atoms with Crippen LogP contribution in [-0.4, -0.2) is 18.2 Å². The average Bonchev–Trinajstić information content (AvgIpc) is 2.37. The van der Waals surface area contributed by atoms with E-state index < -0.39 is 6.10 Å². The number of hydrogen-bond acceptors (Lipinski definition) is 2. The zero-order valence-electron chi connectivity index (χ0n) is 13.9. The highest BCUT2D eigenvalue weighted by atomic mass is 16.3. The van der Waals surface area contributed by atoms with Crippen LogP contribution in [0.2, 0.25) is 0 Å². The molecule has 0 radical (unpaired) electrons. The molecule has 0 saturated carbocycles. The van der Waals surface area contributed by atoms with Crippen molar-refractivity contribution in [2.75, 3.05) is 13.1 Å². The molecule has 114 valence electrons. The lowest BCUT2D eigenvalue weighted by atomic mass is 9.82. The molecule has 0 heterocycles. The molecule has 0 aliphatic rings. The Morgan fingerprint density at radius 3 is 1.90 bits per heavy atom. The van der Waals surface area contributed by atoms with E-state index in [-0.39, 0.29) is 0 Å². The zero-order valence-corrected chi connectivity index (χ0v) is 13.9. The van der Waals surface area contributed by atoms with E-state index in [1.54, 1.807) is 0 Å². The predicted octanol–water partition coefficient (Wildman–Crippen LogP) is 4.12. The lowest BCUT2D eigenvalue weighted by Crippen LogP contribution is -2.32. The minimum Gasteiger partial charge on any atom is -0.387 e. The molecule has 2 N–H and O–H groups in total. The van der Waals surface area contributed by atoms with Crippen molar-refractivity contribution in [1.29, 1.82) is 0 Å². The molecule has 2 heteroatoms. The summed E-state index contributed by atoms with van der Waals surface area (Å²) >= 11 is 0. The number of rotatable bonds is 6. The van der Waals surface area contributed by atoms with Crippen molar-refractivity contribution in [2.24, 2.45) is 11.3 Å². The van der Waals surface area contributed by atoms with Gasteiger partial charge in [-0.1, -0.05) is 65.8 Å². The van der Waals surface area contributed by atoms with Gasteiger partial charge in [0.2, 0.25) is 0 Å². The van der Waals surface area contributed by atoms with Gasteiger partial charge in [0.1, 0.15) is 0 Å². The fourth-order valence-electron chi connectivity index (χ4n) is 1.96. The molecule has 0 spiro atoms. The molecule has 0 fully saturated rings. The maximum Gasteiger partial charge on any atom is 0.0914 e. The van der Waals surface area contributed by atoms with Gasteiger partial charge in [0.15, 0.2) is 0 Å². The standard InChI is InChI=1S/C18H31NO/c1-13(2)15-7-9-16(10-8-15)17(20)12-19-11-14(3)18(4,5)6/h7-10,13-14,17,19-20H,11-12H2,1-6H3. The van der Waals surface area contributed by atoms with Gasteiger partial charge in [-0.05, 0) is 34.9 Å². The molecule has 0 bridgehead atoms. The van der Waals surface area contributed by atoms with Gasteiger partial charge in [0, 0.05) is 6.54 Å². The van der Waals surface area contributed by atoms with E-state index in [0.29, 0.717) is 23.8 Å². The summed E-state index contributed by atoms with van der Waals surface area (Å²) in [7, 11) is 0. The average molecular weight is 277 g/mol. The van der Waals surface area contributed by atoms with Crippen LogP contribution in [0.15, 0.2) is 24.3 Å². The van der Waals surface area contributed by atoms with Crippen molar-refractivity contribution in [3.05, 3.63) is 35.4 Å². The Hall–Kier alpha value is -0.860. The van der Waals surface area contributed by atoms with E-state index in [9.17, 15) is 5.11 Å². The number of nitrogens with one attached hydrogen (secondary N) is 1. The molecule has 0 aliphatic heterocycles. The smallest absolute Gasteiger partial charge is 0.0914 e. The summed E-state index contributed by atoms with van der Waals surface area (Å²) in [6.45, 7) is 14.9. The monoisotopic (exact) mass is 277 g/mol. The van der Waals surface area contributed by atoms with Crippen molar-refractivity contribution < 1.29 is 5.11 Å². The first-order valence-electron chi connectivity index (χ1n) is 7.70. The second-order valence-corrected chi connectivity index (χ2v) is 7.26. The van der Waals surface area contributed by atoms with Crippen LogP contribution in [0.1, 0.15) is 64.7 Å². The molecule has 0 amide bonds. The maximum absolute atomic E-state index is 10.2. The number of aliphatic hydroxyl groups excluding tert-OH is 1. The number of benzene rings is 1. The molecule has 0 saturated heterocycles. The summed E-state index contributed by atoms with van der Waals surface area (Å²) in [5.41, 5.74) is 2.61. The predicted molar refractivity (Wildman–Crippen MR) is 87.0 cm³/mol. The van der Waals surface area contributed by atoms with Crippen molar-refractivity contribution >= 4 is 0 Å². The quantitative estimate of drug-likeness (QED) is 0.820. The van der Waals surface area contributed by atoms with Gasteiger partial charge in [-0.3, -0.25) is 0 Å². The van der Waals surface area contributed by atoms with Crippen LogP contribution < -0.4 is 5.32 Å². The van der Waals surface area contributed by atoms with Gasteiger partial charge in [-0.25, -0.2) is 0 Å². The topological polar surface area (TPSA) is 32.3 Å². The summed E-state index contributed by atoms with van der Waals surface area (Å²) in [4.78, 5) is 0. The molecule has 2 nitrogen and oxygen atoms in total. The third-order valence-electron chi connectivity index (χ3n) is 4.25. The van der Waals surface area contributed by atoms with Crippen LogP contribution in [0, 0.1) is 11.3 Å². The van der Waals surface area contributed by atoms with Gasteiger partial charge in [-0.15, -0.1) is 0 Å². The van der Waals surface area contributed by atoms with E-state index in [4.69, 9.17) is 0 Å². The molecule has 1 aromatic carbocycles. The van der Waals surface area contributed by atoms with E-state index in [0.717, 1.165) is 12.1 Å². The first kappa shape index (κ1) is 17.2. The van der Waals surface area contributed by atoms with Crippen LogP contribution in [0.4, 0.5) is 0 Å². The maximum atomic E-state index is 10.2. The summed E-state index contributed by atoms with van der Waals surface area (Å²) in [5.74, 6) is 1.12. The number of aliphatic hydroxyl groups is 1. The van der Waals surface area contributed by atoms with Gasteiger partial charge >= 0.3 is 0 Å². The molecule has 0 aromatic heterocycles. The second-order valence-electron chi connectivity index (χ2n) is 7.26. The van der Waals surface area contributed by atoms with Gasteiger partial charge in [0.25, 0.3) is 0 Å². The Balaban J connectivity index is 2.45. The minimum absolute atomic E-state index is 0.302. The van der Waals surface area contributed by atoms with E-state index in [1.807, 2.05) is 12.1 Å². The summed E-state index contributed by atoms with van der Waals surface area (Å²) in [5, 5.41) is 13.6. The highest BCUT2D eigenvalue weighted by Gasteiger charge is 2.19. The van der Waals surface area contributed by atoms with E-state index in [1.165, 1.54) is 5.56 Å². The molecular weight excluding hydrogens is 246 g/mol. The Bertz CT molecular complexity index is 389. The fourth-order valence-corrected chi connectivity index (χ4v) is 1.96. The highest BCUT2D eigenvalue weighted by molar-refractivity contribution is 5.26. The lowest BCUT2D eigenvalue weighted by molar-refractivity contribution is 0.166. The largest absolute Gasteiger partial charge is 0.387 e. The van der Waals surface area contributed by atoms with Crippen LogP contribution in [0.5, 0.6) is 0 Å². The lowest BCUT2D eigenvalue weighted by Gasteiger charge is -2.28. The first-order valence-corrected chi connectivity index (χ1v) is 7.70. The molecule has 0 aliphatic carbocycles. The molecule has 20 heavy (non-hydrogen) atoms. The van der Waals surface area contributed by atoms with Crippen molar-refractivity contribution in [3.8, 4) is 0 Å². The van der Waals surface area contributed by atoms with Crippen LogP contribution in [0.25, 0.3) is 0 Å². The third kappa shape index (κ3) is 5.26. The Labute approximate surface area is 124 Å². The fraction of sp³-hybridized carbons (Fsp3) is 0.667. The number of hydrogen-bond donors (Lipinski definition) is 2. The first-order chi connectivity index (χ1) is 9.21. The summed E-state index contributed by atoms with van der Waals surface area (Å²) < 4.78 is 0. The van der Waals surface area contributed by atoms with Crippen molar-refractivity contribution in [3.63, 3.8) is 0 Å². The molecule has 2 atom stereocenters. The van der Waals surface area contributed by atoms with Crippen LogP contribution >= 0.6 is 0 Å². The van der Waals surface area contributed by atoms with Crippen LogP contribution in [0.3, 0.4) is 0 Å². The molecular formula is C18H31NO. The SMILES string of the molecule is CC(C)c1ccc(C(O)CNCC(C)C(C)(C)C)cc1. The molecule has 1 rings (SSSR count). The zero-order chi connectivity index (χ0) is 15.3. The van der Waals surface area contributed by atoms with E-state index >= 15 is 0 Å². The Morgan fingerprint density at radius 1 is 0.950 bits per heavy atom. The minimum atomic E-state index is -0.427. The summed E-state index contributed by atoms with van der Waals surface area (Å²) in [6.07, 6.45) is -0.427. The van der Waals surface area contributed by atoms with E-state index in [2.05, 4.69) is 59.0 Å². The van der Waals surface area contributed by atoms with Gasteiger partial charge in [0.05, 0.1) is 6.10 Å². The van der Waals surface area contributed by atoms with Crippen molar-refractivity contribution in [2.45, 2.75) is 53.6 Å². The molecule has 1 aromatic rings. The van der Waals surface area contributed by atoms with Gasteiger partial charge in [-0.2, -0.15) is 0 Å². The highest BCUT2D eigenvalue weighted by Crippen LogP contribution is 2.24. The van der Waals surface area contributed by atoms with Gasteiger partial charge < -0.3 is 10.4 Å². The Kier molecular flexibility index (Phi) is 6.22. The Morgan fingerprint density at radius 2 is 1.45 bits per heavy atom.